The van der Waals surface area contributed by atoms with Gasteiger partial charge in [-0.3, -0.25) is 9.78 Å². The molecule has 2 N–H and O–H groups in total. The molecule has 1 unspecified atom stereocenters. The molecule has 0 saturated carbocycles. The maximum atomic E-state index is 11.3. The number of hydrogen-bond acceptors (Lipinski definition) is 5. The molecule has 2 heterocycles. The van der Waals surface area contributed by atoms with E-state index in [1.54, 1.807) is 17.5 Å². The SMILES string of the molecule is O=C(O)C1CCCc2sc(NCCc3cccnc3)nc21. The summed E-state index contributed by atoms with van der Waals surface area (Å²) >= 11 is 1.59. The number of aliphatic carboxylic acids is 1. The minimum Gasteiger partial charge on any atom is -0.481 e. The molecule has 5 nitrogen and oxygen atoms in total. The number of fused-ring (bicyclic) bond motifs is 1. The first-order chi connectivity index (χ1) is 10.2. The predicted molar refractivity (Wildman–Crippen MR) is 81.9 cm³/mol. The third kappa shape index (κ3) is 3.21. The standard InChI is InChI=1S/C15H17N3O2S/c19-14(20)11-4-1-5-12-13(11)18-15(21-12)17-8-6-10-3-2-7-16-9-10/h2-3,7,9,11H,1,4-6,8H2,(H,17,18)(H,19,20). The highest BCUT2D eigenvalue weighted by Gasteiger charge is 2.29. The molecule has 21 heavy (non-hydrogen) atoms. The molecule has 3 rings (SSSR count). The lowest BCUT2D eigenvalue weighted by Gasteiger charge is -2.16. The van der Waals surface area contributed by atoms with Crippen molar-refractivity contribution in [3.8, 4) is 0 Å². The van der Waals surface area contributed by atoms with E-state index >= 15 is 0 Å². The van der Waals surface area contributed by atoms with Crippen LogP contribution in [-0.2, 0) is 17.6 Å². The van der Waals surface area contributed by atoms with Gasteiger partial charge < -0.3 is 10.4 Å². The van der Waals surface area contributed by atoms with E-state index in [0.717, 1.165) is 41.5 Å². The number of hydrogen-bond donors (Lipinski definition) is 2. The number of aromatic nitrogens is 2. The fourth-order valence-corrected chi connectivity index (χ4v) is 3.68. The van der Waals surface area contributed by atoms with Gasteiger partial charge in [0.05, 0.1) is 5.69 Å². The molecule has 1 aliphatic carbocycles. The maximum Gasteiger partial charge on any atom is 0.312 e. The summed E-state index contributed by atoms with van der Waals surface area (Å²) in [7, 11) is 0. The molecule has 0 saturated heterocycles. The van der Waals surface area contributed by atoms with E-state index in [-0.39, 0.29) is 0 Å². The predicted octanol–water partition coefficient (Wildman–Crippen LogP) is 2.70. The average Bonchev–Trinajstić information content (AvgIpc) is 2.90. The number of pyridine rings is 1. The first-order valence-corrected chi connectivity index (χ1v) is 7.91. The van der Waals surface area contributed by atoms with Crippen molar-refractivity contribution in [2.75, 3.05) is 11.9 Å². The highest BCUT2D eigenvalue weighted by molar-refractivity contribution is 7.15. The van der Waals surface area contributed by atoms with Crippen molar-refractivity contribution in [2.24, 2.45) is 0 Å². The topological polar surface area (TPSA) is 75.1 Å². The molecular weight excluding hydrogens is 286 g/mol. The Bertz CT molecular complexity index is 627. The third-order valence-electron chi connectivity index (χ3n) is 3.67. The summed E-state index contributed by atoms with van der Waals surface area (Å²) in [5.74, 6) is -1.19. The Morgan fingerprint density at radius 1 is 1.52 bits per heavy atom. The monoisotopic (exact) mass is 303 g/mol. The zero-order valence-corrected chi connectivity index (χ0v) is 12.4. The minimum absolute atomic E-state index is 0.432. The zero-order valence-electron chi connectivity index (χ0n) is 11.6. The molecule has 6 heteroatoms. The first kappa shape index (κ1) is 14.0. The lowest BCUT2D eigenvalue weighted by Crippen LogP contribution is -2.17. The van der Waals surface area contributed by atoms with Crippen LogP contribution in [0.3, 0.4) is 0 Å². The molecule has 2 aromatic rings. The molecule has 1 aliphatic rings. The van der Waals surface area contributed by atoms with Crippen LogP contribution >= 0.6 is 11.3 Å². The molecule has 0 bridgehead atoms. The number of carboxylic acid groups (broad SMARTS) is 1. The van der Waals surface area contributed by atoms with Crippen LogP contribution in [0.1, 0.15) is 34.9 Å². The smallest absolute Gasteiger partial charge is 0.312 e. The minimum atomic E-state index is -0.761. The fourth-order valence-electron chi connectivity index (χ4n) is 2.59. The summed E-state index contributed by atoms with van der Waals surface area (Å²) in [5.41, 5.74) is 1.94. The Labute approximate surface area is 127 Å². The Balaban J connectivity index is 1.63. The van der Waals surface area contributed by atoms with E-state index in [1.807, 2.05) is 18.3 Å². The van der Waals surface area contributed by atoms with Crippen molar-refractivity contribution < 1.29 is 9.90 Å². The highest BCUT2D eigenvalue weighted by atomic mass is 32.1. The second-order valence-corrected chi connectivity index (χ2v) is 6.23. The van der Waals surface area contributed by atoms with Gasteiger partial charge in [0.15, 0.2) is 5.13 Å². The molecule has 0 radical (unpaired) electrons. The number of rotatable bonds is 5. The van der Waals surface area contributed by atoms with Crippen LogP contribution in [0.4, 0.5) is 5.13 Å². The highest BCUT2D eigenvalue weighted by Crippen LogP contribution is 2.36. The van der Waals surface area contributed by atoms with Crippen LogP contribution in [0.25, 0.3) is 0 Å². The summed E-state index contributed by atoms with van der Waals surface area (Å²) < 4.78 is 0. The second kappa shape index (κ2) is 6.22. The van der Waals surface area contributed by atoms with Crippen molar-refractivity contribution in [3.05, 3.63) is 40.7 Å². The van der Waals surface area contributed by atoms with Crippen molar-refractivity contribution in [1.29, 1.82) is 0 Å². The van der Waals surface area contributed by atoms with Crippen molar-refractivity contribution in [3.63, 3.8) is 0 Å². The summed E-state index contributed by atoms with van der Waals surface area (Å²) in [6.45, 7) is 0.774. The van der Waals surface area contributed by atoms with Crippen molar-refractivity contribution in [1.82, 2.24) is 9.97 Å². The number of thiazole rings is 1. The third-order valence-corrected chi connectivity index (χ3v) is 4.75. The van der Waals surface area contributed by atoms with Gasteiger partial charge in [0.1, 0.15) is 5.92 Å². The maximum absolute atomic E-state index is 11.3. The van der Waals surface area contributed by atoms with Gasteiger partial charge in [-0.25, -0.2) is 4.98 Å². The molecular formula is C15H17N3O2S. The lowest BCUT2D eigenvalue weighted by molar-refractivity contribution is -0.139. The average molecular weight is 303 g/mol. The van der Waals surface area contributed by atoms with E-state index in [9.17, 15) is 9.90 Å². The van der Waals surface area contributed by atoms with Crippen molar-refractivity contribution in [2.45, 2.75) is 31.6 Å². The second-order valence-electron chi connectivity index (χ2n) is 5.15. The summed E-state index contributed by atoms with van der Waals surface area (Å²) in [6.07, 6.45) is 7.07. The zero-order chi connectivity index (χ0) is 14.7. The molecule has 0 aliphatic heterocycles. The van der Waals surface area contributed by atoms with Crippen LogP contribution in [0.5, 0.6) is 0 Å². The van der Waals surface area contributed by atoms with E-state index in [1.165, 1.54) is 5.56 Å². The van der Waals surface area contributed by atoms with Crippen LogP contribution in [0.15, 0.2) is 24.5 Å². The molecule has 1 atom stereocenters. The van der Waals surface area contributed by atoms with Gasteiger partial charge in [0, 0.05) is 23.8 Å². The van der Waals surface area contributed by atoms with Crippen molar-refractivity contribution >= 4 is 22.4 Å². The number of nitrogens with one attached hydrogen (secondary N) is 1. The molecule has 0 spiro atoms. The molecule has 110 valence electrons. The van der Waals surface area contributed by atoms with Gasteiger partial charge in [-0.15, -0.1) is 11.3 Å². The first-order valence-electron chi connectivity index (χ1n) is 7.09. The van der Waals surface area contributed by atoms with Crippen LogP contribution in [0.2, 0.25) is 0 Å². The summed E-state index contributed by atoms with van der Waals surface area (Å²) in [6, 6.07) is 3.97. The van der Waals surface area contributed by atoms with E-state index in [4.69, 9.17) is 0 Å². The van der Waals surface area contributed by atoms with E-state index in [2.05, 4.69) is 15.3 Å². The van der Waals surface area contributed by atoms with Crippen LogP contribution < -0.4 is 5.32 Å². The largest absolute Gasteiger partial charge is 0.481 e. The van der Waals surface area contributed by atoms with E-state index < -0.39 is 11.9 Å². The van der Waals surface area contributed by atoms with Gasteiger partial charge in [0.25, 0.3) is 0 Å². The number of carboxylic acids is 1. The number of nitrogens with zero attached hydrogens (tertiary/aromatic N) is 2. The van der Waals surface area contributed by atoms with Gasteiger partial charge in [-0.2, -0.15) is 0 Å². The Morgan fingerprint density at radius 3 is 3.19 bits per heavy atom. The van der Waals surface area contributed by atoms with Gasteiger partial charge in [0.2, 0.25) is 0 Å². The molecule has 0 amide bonds. The summed E-state index contributed by atoms with van der Waals surface area (Å²) in [5, 5.41) is 13.4. The normalized spacial score (nSPS) is 17.2. The number of aryl methyl sites for hydroxylation is 1. The van der Waals surface area contributed by atoms with E-state index in [0.29, 0.717) is 6.42 Å². The van der Waals surface area contributed by atoms with Gasteiger partial charge in [-0.05, 0) is 37.3 Å². The Morgan fingerprint density at radius 2 is 2.43 bits per heavy atom. The lowest BCUT2D eigenvalue weighted by atomic mass is 9.91. The molecule has 2 aromatic heterocycles. The Hall–Kier alpha value is -1.95. The van der Waals surface area contributed by atoms with Crippen LogP contribution in [-0.4, -0.2) is 27.6 Å². The number of carbonyl (C=O) groups is 1. The number of anilines is 1. The molecule has 0 aromatic carbocycles. The Kier molecular flexibility index (Phi) is 4.15. The van der Waals surface area contributed by atoms with Gasteiger partial charge >= 0.3 is 5.97 Å². The summed E-state index contributed by atoms with van der Waals surface area (Å²) in [4.78, 5) is 21.0. The van der Waals surface area contributed by atoms with Gasteiger partial charge in [-0.1, -0.05) is 6.07 Å². The quantitative estimate of drug-likeness (QED) is 0.888. The molecule has 0 fully saturated rings. The fraction of sp³-hybridized carbons (Fsp3) is 0.400. The van der Waals surface area contributed by atoms with Crippen LogP contribution in [0, 0.1) is 0 Å².